The summed E-state index contributed by atoms with van der Waals surface area (Å²) in [5, 5.41) is 5.03. The zero-order chi connectivity index (χ0) is 20.3. The van der Waals surface area contributed by atoms with Crippen LogP contribution in [-0.2, 0) is 25.8 Å². The molecule has 6 nitrogen and oxygen atoms in total. The van der Waals surface area contributed by atoms with Gasteiger partial charge in [-0.15, -0.1) is 0 Å². The molecule has 28 heavy (non-hydrogen) atoms. The van der Waals surface area contributed by atoms with Gasteiger partial charge in [-0.3, -0.25) is 14.4 Å². The molecule has 0 aromatic heterocycles. The Morgan fingerprint density at radius 3 is 2.61 bits per heavy atom. The van der Waals surface area contributed by atoms with Crippen LogP contribution < -0.4 is 5.32 Å². The third kappa shape index (κ3) is 4.29. The number of hydrogen-bond donors (Lipinski definition) is 1. The topological polar surface area (TPSA) is 67.9 Å². The zero-order valence-corrected chi connectivity index (χ0v) is 16.8. The number of carbonyl (C=O) groups is 2. The van der Waals surface area contributed by atoms with Gasteiger partial charge in [0.2, 0.25) is 0 Å². The van der Waals surface area contributed by atoms with E-state index in [2.05, 4.69) is 5.32 Å². The average molecular weight is 403 g/mol. The number of halogens is 1. The first kappa shape index (κ1) is 20.2. The first-order chi connectivity index (χ1) is 13.3. The molecule has 1 unspecified atom stereocenters. The Kier molecular flexibility index (Phi) is 5.91. The van der Waals surface area contributed by atoms with Crippen molar-refractivity contribution in [2.45, 2.75) is 38.5 Å². The molecule has 7 heteroatoms. The molecule has 1 aliphatic heterocycles. The lowest BCUT2D eigenvalue weighted by molar-refractivity contribution is -0.212. The standard InChI is InChI=1S/C21H23ClN2O4/c1-21(2)20(26)24(28-13-14-7-5-4-6-8-14)18(12-19(25)27-3)16-11-15(22)9-10-17(16)23-21/h4-11,18,23H,12-13H2,1-3H3. The normalized spacial score (nSPS) is 18.1. The fourth-order valence-corrected chi connectivity index (χ4v) is 3.34. The minimum absolute atomic E-state index is 0.0534. The Balaban J connectivity index is 2.02. The highest BCUT2D eigenvalue weighted by atomic mass is 35.5. The number of nitrogens with one attached hydrogen (secondary N) is 1. The van der Waals surface area contributed by atoms with Crippen LogP contribution >= 0.6 is 11.6 Å². The lowest BCUT2D eigenvalue weighted by atomic mass is 10.0. The minimum Gasteiger partial charge on any atom is -0.469 e. The number of fused-ring (bicyclic) bond motifs is 1. The van der Waals surface area contributed by atoms with Crippen molar-refractivity contribution in [1.82, 2.24) is 5.06 Å². The van der Waals surface area contributed by atoms with Gasteiger partial charge in [0.05, 0.1) is 19.6 Å². The van der Waals surface area contributed by atoms with Gasteiger partial charge in [0.1, 0.15) is 12.1 Å². The zero-order valence-electron chi connectivity index (χ0n) is 16.1. The van der Waals surface area contributed by atoms with Crippen molar-refractivity contribution in [3.05, 3.63) is 64.7 Å². The predicted molar refractivity (Wildman–Crippen MR) is 107 cm³/mol. The Morgan fingerprint density at radius 2 is 1.93 bits per heavy atom. The smallest absolute Gasteiger partial charge is 0.308 e. The fourth-order valence-electron chi connectivity index (χ4n) is 3.16. The van der Waals surface area contributed by atoms with E-state index in [1.165, 1.54) is 12.2 Å². The summed E-state index contributed by atoms with van der Waals surface area (Å²) in [4.78, 5) is 31.3. The lowest BCUT2D eigenvalue weighted by Gasteiger charge is -2.32. The quantitative estimate of drug-likeness (QED) is 0.762. The highest BCUT2D eigenvalue weighted by Crippen LogP contribution is 2.39. The number of rotatable bonds is 5. The van der Waals surface area contributed by atoms with Crippen LogP contribution in [0.15, 0.2) is 48.5 Å². The number of hydrogen-bond acceptors (Lipinski definition) is 5. The van der Waals surface area contributed by atoms with E-state index in [9.17, 15) is 9.59 Å². The van der Waals surface area contributed by atoms with E-state index in [0.717, 1.165) is 11.3 Å². The average Bonchev–Trinajstić information content (AvgIpc) is 2.75. The number of benzene rings is 2. The molecule has 0 saturated carbocycles. The second-order valence-electron chi connectivity index (χ2n) is 7.17. The number of anilines is 1. The van der Waals surface area contributed by atoms with Crippen LogP contribution in [0.1, 0.15) is 37.4 Å². The van der Waals surface area contributed by atoms with Crippen LogP contribution in [0.5, 0.6) is 0 Å². The van der Waals surface area contributed by atoms with Gasteiger partial charge >= 0.3 is 5.97 Å². The highest BCUT2D eigenvalue weighted by molar-refractivity contribution is 6.30. The van der Waals surface area contributed by atoms with Gasteiger partial charge in [0.25, 0.3) is 5.91 Å². The molecule has 0 aliphatic carbocycles. The summed E-state index contributed by atoms with van der Waals surface area (Å²) in [5.41, 5.74) is 1.39. The van der Waals surface area contributed by atoms with Crippen molar-refractivity contribution in [3.8, 4) is 0 Å². The third-order valence-corrected chi connectivity index (χ3v) is 4.87. The van der Waals surface area contributed by atoms with E-state index < -0.39 is 17.6 Å². The summed E-state index contributed by atoms with van der Waals surface area (Å²) in [6.45, 7) is 3.73. The van der Waals surface area contributed by atoms with Gasteiger partial charge in [-0.2, -0.15) is 0 Å². The van der Waals surface area contributed by atoms with Gasteiger partial charge in [-0.25, -0.2) is 5.06 Å². The number of ether oxygens (including phenoxy) is 1. The molecule has 0 radical (unpaired) electrons. The number of esters is 1. The molecule has 1 atom stereocenters. The SMILES string of the molecule is COC(=O)CC1c2cc(Cl)ccc2NC(C)(C)C(=O)N1OCc1ccccc1. The van der Waals surface area contributed by atoms with Gasteiger partial charge in [-0.1, -0.05) is 41.9 Å². The lowest BCUT2D eigenvalue weighted by Crippen LogP contribution is -2.49. The summed E-state index contributed by atoms with van der Waals surface area (Å²) in [5.74, 6) is -0.735. The van der Waals surface area contributed by atoms with Crippen molar-refractivity contribution < 1.29 is 19.2 Å². The van der Waals surface area contributed by atoms with Crippen LogP contribution in [0.3, 0.4) is 0 Å². The van der Waals surface area contributed by atoms with Crippen molar-refractivity contribution >= 4 is 29.2 Å². The molecule has 0 bridgehead atoms. The summed E-state index contributed by atoms with van der Waals surface area (Å²) >= 11 is 6.21. The van der Waals surface area contributed by atoms with Crippen LogP contribution in [0.25, 0.3) is 0 Å². The Labute approximate surface area is 169 Å². The number of methoxy groups -OCH3 is 1. The van der Waals surface area contributed by atoms with Gasteiger partial charge in [0.15, 0.2) is 0 Å². The van der Waals surface area contributed by atoms with Gasteiger partial charge in [-0.05, 0) is 37.6 Å². The summed E-state index contributed by atoms with van der Waals surface area (Å²) in [6.07, 6.45) is -0.0534. The van der Waals surface area contributed by atoms with E-state index in [1.807, 2.05) is 30.3 Å². The molecule has 2 aromatic carbocycles. The van der Waals surface area contributed by atoms with Crippen molar-refractivity contribution in [1.29, 1.82) is 0 Å². The third-order valence-electron chi connectivity index (χ3n) is 4.64. The fraction of sp³-hybridized carbons (Fsp3) is 0.333. The first-order valence-corrected chi connectivity index (χ1v) is 9.34. The molecular formula is C21H23ClN2O4. The van der Waals surface area contributed by atoms with Gasteiger partial charge < -0.3 is 10.1 Å². The molecule has 1 N–H and O–H groups in total. The number of hydroxylamine groups is 2. The molecule has 1 amide bonds. The Morgan fingerprint density at radius 1 is 1.21 bits per heavy atom. The maximum atomic E-state index is 13.3. The molecule has 1 heterocycles. The van der Waals surface area contributed by atoms with Crippen molar-refractivity contribution in [2.75, 3.05) is 12.4 Å². The number of amides is 1. The molecule has 0 fully saturated rings. The van der Waals surface area contributed by atoms with E-state index >= 15 is 0 Å². The summed E-state index contributed by atoms with van der Waals surface area (Å²) < 4.78 is 4.85. The summed E-state index contributed by atoms with van der Waals surface area (Å²) in [7, 11) is 1.32. The summed E-state index contributed by atoms with van der Waals surface area (Å²) in [6, 6.07) is 14.1. The number of carbonyl (C=O) groups excluding carboxylic acids is 2. The maximum absolute atomic E-state index is 13.3. The van der Waals surface area contributed by atoms with Crippen LogP contribution in [-0.4, -0.2) is 29.6 Å². The van der Waals surface area contributed by atoms with Crippen LogP contribution in [0, 0.1) is 0 Å². The molecular weight excluding hydrogens is 380 g/mol. The van der Waals surface area contributed by atoms with Crippen molar-refractivity contribution in [2.24, 2.45) is 0 Å². The molecule has 3 rings (SSSR count). The molecule has 148 valence electrons. The maximum Gasteiger partial charge on any atom is 0.308 e. The monoisotopic (exact) mass is 402 g/mol. The molecule has 2 aromatic rings. The molecule has 0 saturated heterocycles. The first-order valence-electron chi connectivity index (χ1n) is 8.97. The highest BCUT2D eigenvalue weighted by Gasteiger charge is 2.42. The Bertz CT molecular complexity index is 870. The largest absolute Gasteiger partial charge is 0.469 e. The van der Waals surface area contributed by atoms with Crippen LogP contribution in [0.4, 0.5) is 5.69 Å². The van der Waals surface area contributed by atoms with E-state index in [4.69, 9.17) is 21.2 Å². The van der Waals surface area contributed by atoms with E-state index in [0.29, 0.717) is 10.6 Å². The van der Waals surface area contributed by atoms with Gasteiger partial charge in [0, 0.05) is 16.3 Å². The van der Waals surface area contributed by atoms with E-state index in [-0.39, 0.29) is 18.9 Å². The predicted octanol–water partition coefficient (Wildman–Crippen LogP) is 4.11. The molecule has 0 spiro atoms. The van der Waals surface area contributed by atoms with E-state index in [1.54, 1.807) is 32.0 Å². The minimum atomic E-state index is -0.940. The van der Waals surface area contributed by atoms with Crippen molar-refractivity contribution in [3.63, 3.8) is 0 Å². The second-order valence-corrected chi connectivity index (χ2v) is 7.60. The Hall–Kier alpha value is -2.57. The number of nitrogens with zero attached hydrogens (tertiary/aromatic N) is 1. The molecule has 1 aliphatic rings. The van der Waals surface area contributed by atoms with Crippen LogP contribution in [0.2, 0.25) is 5.02 Å². The second kappa shape index (κ2) is 8.20.